The van der Waals surface area contributed by atoms with Gasteiger partial charge in [-0.2, -0.15) is 0 Å². The molecule has 10 rings (SSSR count). The average molecular weight is 702 g/mol. The minimum atomic E-state index is -0.314. The van der Waals surface area contributed by atoms with Crippen molar-refractivity contribution in [2.24, 2.45) is 0 Å². The van der Waals surface area contributed by atoms with Crippen LogP contribution in [0.2, 0.25) is 0 Å². The Morgan fingerprint density at radius 3 is 1.81 bits per heavy atom. The van der Waals surface area contributed by atoms with Gasteiger partial charge in [-0.15, -0.1) is 11.3 Å². The highest BCUT2D eigenvalue weighted by Gasteiger charge is 2.24. The molecule has 0 spiro atoms. The number of hydrogen-bond acceptors (Lipinski definition) is 6. The molecule has 53 heavy (non-hydrogen) atoms. The predicted octanol–water partition coefficient (Wildman–Crippen LogP) is 11.9. The number of hydrogen-bond donors (Lipinski definition) is 0. The highest BCUT2D eigenvalue weighted by atomic mass is 32.1. The zero-order valence-corrected chi connectivity index (χ0v) is 28.9. The summed E-state index contributed by atoms with van der Waals surface area (Å²) < 4.78 is 4.64. The van der Waals surface area contributed by atoms with Gasteiger partial charge in [0, 0.05) is 54.6 Å². The van der Waals surface area contributed by atoms with E-state index in [1.165, 1.54) is 15.5 Å². The van der Waals surface area contributed by atoms with Crippen molar-refractivity contribution >= 4 is 59.0 Å². The lowest BCUT2D eigenvalue weighted by atomic mass is 9.98. The van der Waals surface area contributed by atoms with Gasteiger partial charge in [0.1, 0.15) is 0 Å². The van der Waals surface area contributed by atoms with Gasteiger partial charge in [-0.3, -0.25) is 10.1 Å². The van der Waals surface area contributed by atoms with Gasteiger partial charge in [0.25, 0.3) is 5.69 Å². The van der Waals surface area contributed by atoms with Crippen molar-refractivity contribution in [2.75, 3.05) is 0 Å². The molecule has 0 aliphatic rings. The number of para-hydroxylation sites is 2. The van der Waals surface area contributed by atoms with Crippen molar-refractivity contribution < 1.29 is 4.92 Å². The second kappa shape index (κ2) is 12.3. The number of nitro benzene ring substituents is 1. The van der Waals surface area contributed by atoms with Crippen LogP contribution in [0, 0.1) is 10.1 Å². The molecule has 0 fully saturated rings. The van der Waals surface area contributed by atoms with E-state index < -0.39 is 0 Å². The van der Waals surface area contributed by atoms with Crippen molar-refractivity contribution in [1.29, 1.82) is 0 Å². The highest BCUT2D eigenvalue weighted by molar-refractivity contribution is 7.26. The lowest BCUT2D eigenvalue weighted by Crippen LogP contribution is -2.02. The number of rotatable bonds is 6. The van der Waals surface area contributed by atoms with Crippen LogP contribution in [0.5, 0.6) is 0 Å². The van der Waals surface area contributed by atoms with Gasteiger partial charge in [0.2, 0.25) is 0 Å². The molecule has 0 atom stereocenters. The molecule has 0 unspecified atom stereocenters. The molecule has 0 amide bonds. The van der Waals surface area contributed by atoms with Gasteiger partial charge in [-0.25, -0.2) is 15.0 Å². The summed E-state index contributed by atoms with van der Waals surface area (Å²) in [5.74, 6) is 1.55. The Hall–Kier alpha value is -7.03. The third-order valence-corrected chi connectivity index (χ3v) is 11.0. The van der Waals surface area contributed by atoms with E-state index >= 15 is 0 Å². The number of fused-ring (bicyclic) bond motifs is 7. The van der Waals surface area contributed by atoms with Crippen LogP contribution in [0.25, 0.3) is 93.0 Å². The quantitative estimate of drug-likeness (QED) is 0.127. The van der Waals surface area contributed by atoms with Crippen LogP contribution in [0.15, 0.2) is 164 Å². The van der Waals surface area contributed by atoms with E-state index in [1.807, 2.05) is 97.1 Å². The zero-order chi connectivity index (χ0) is 35.5. The maximum Gasteiger partial charge on any atom is 0.277 e. The first kappa shape index (κ1) is 30.8. The van der Waals surface area contributed by atoms with Crippen molar-refractivity contribution in [3.63, 3.8) is 0 Å². The molecule has 7 nitrogen and oxygen atoms in total. The van der Waals surface area contributed by atoms with E-state index in [-0.39, 0.29) is 10.6 Å². The molecule has 0 saturated carbocycles. The minimum absolute atomic E-state index is 0.0178. The maximum absolute atomic E-state index is 12.6. The van der Waals surface area contributed by atoms with E-state index in [0.29, 0.717) is 34.2 Å². The fourth-order valence-corrected chi connectivity index (χ4v) is 8.61. The van der Waals surface area contributed by atoms with Gasteiger partial charge in [-0.05, 0) is 36.4 Å². The van der Waals surface area contributed by atoms with Crippen LogP contribution < -0.4 is 0 Å². The molecule has 0 saturated heterocycles. The van der Waals surface area contributed by atoms with Gasteiger partial charge < -0.3 is 4.57 Å². The van der Waals surface area contributed by atoms with E-state index in [9.17, 15) is 10.1 Å². The summed E-state index contributed by atoms with van der Waals surface area (Å²) in [5.41, 5.74) is 6.55. The molecule has 7 aromatic carbocycles. The molecule has 0 radical (unpaired) electrons. The summed E-state index contributed by atoms with van der Waals surface area (Å²) in [6, 6.07) is 53.9. The molecule has 0 bridgehead atoms. The summed E-state index contributed by atoms with van der Waals surface area (Å²) in [6.45, 7) is 0. The number of nitro groups is 1. The fraction of sp³-hybridized carbons (Fsp3) is 0. The normalized spacial score (nSPS) is 11.5. The lowest BCUT2D eigenvalue weighted by molar-refractivity contribution is -0.384. The molecule has 0 aliphatic carbocycles. The van der Waals surface area contributed by atoms with Crippen LogP contribution in [0.4, 0.5) is 5.69 Å². The summed E-state index contributed by atoms with van der Waals surface area (Å²) in [7, 11) is 0. The first-order valence-corrected chi connectivity index (χ1v) is 18.0. The summed E-state index contributed by atoms with van der Waals surface area (Å²) in [6.07, 6.45) is 0. The van der Waals surface area contributed by atoms with Crippen LogP contribution in [0.1, 0.15) is 0 Å². The SMILES string of the molecule is O=[N+]([O-])c1ccccc1-c1cc(-c2nc(-c3ccccc3)nc(-c3ccccc3)n2)ccc1-n1c2ccccc2c2ccc3c4ccccc4sc3c21. The number of nitrogens with zero attached hydrogens (tertiary/aromatic N) is 5. The number of thiophene rings is 1. The third-order valence-electron chi connectivity index (χ3n) is 9.77. The van der Waals surface area contributed by atoms with E-state index in [2.05, 4.69) is 59.2 Å². The van der Waals surface area contributed by atoms with Crippen molar-refractivity contribution in [3.8, 4) is 51.0 Å². The smallest absolute Gasteiger partial charge is 0.277 e. The molecular formula is C45H27N5O2S. The van der Waals surface area contributed by atoms with Crippen LogP contribution in [-0.4, -0.2) is 24.4 Å². The zero-order valence-electron chi connectivity index (χ0n) is 28.0. The van der Waals surface area contributed by atoms with E-state index in [4.69, 9.17) is 15.0 Å². The molecule has 0 N–H and O–H groups in total. The lowest BCUT2D eigenvalue weighted by Gasteiger charge is -2.16. The third kappa shape index (κ3) is 5.07. The van der Waals surface area contributed by atoms with Crippen molar-refractivity contribution in [1.82, 2.24) is 19.5 Å². The second-order valence-electron chi connectivity index (χ2n) is 12.8. The second-order valence-corrected chi connectivity index (χ2v) is 13.9. The van der Waals surface area contributed by atoms with E-state index in [1.54, 1.807) is 23.5 Å². The Morgan fingerprint density at radius 2 is 1.09 bits per heavy atom. The Kier molecular flexibility index (Phi) is 7.16. The predicted molar refractivity (Wildman–Crippen MR) is 215 cm³/mol. The van der Waals surface area contributed by atoms with Crippen LogP contribution in [-0.2, 0) is 0 Å². The Bertz CT molecular complexity index is 2990. The molecular weight excluding hydrogens is 675 g/mol. The van der Waals surface area contributed by atoms with Gasteiger partial charge >= 0.3 is 0 Å². The number of aromatic nitrogens is 4. The fourth-order valence-electron chi connectivity index (χ4n) is 7.37. The van der Waals surface area contributed by atoms with Gasteiger partial charge in [0.05, 0.1) is 31.9 Å². The Balaban J connectivity index is 1.29. The van der Waals surface area contributed by atoms with Crippen LogP contribution in [0.3, 0.4) is 0 Å². The summed E-state index contributed by atoms with van der Waals surface area (Å²) >= 11 is 1.77. The monoisotopic (exact) mass is 701 g/mol. The van der Waals surface area contributed by atoms with Crippen LogP contribution >= 0.6 is 11.3 Å². The molecule has 10 aromatic rings. The maximum atomic E-state index is 12.6. The first-order valence-electron chi connectivity index (χ1n) is 17.2. The van der Waals surface area contributed by atoms with Crippen molar-refractivity contribution in [3.05, 3.63) is 174 Å². The molecule has 3 heterocycles. The first-order chi connectivity index (χ1) is 26.1. The summed E-state index contributed by atoms with van der Waals surface area (Å²) in [4.78, 5) is 27.2. The average Bonchev–Trinajstić information content (AvgIpc) is 3.77. The van der Waals surface area contributed by atoms with Gasteiger partial charge in [-0.1, -0.05) is 121 Å². The molecule has 3 aromatic heterocycles. The Labute approximate surface area is 307 Å². The largest absolute Gasteiger partial charge is 0.307 e. The van der Waals surface area contributed by atoms with Gasteiger partial charge in [0.15, 0.2) is 17.5 Å². The topological polar surface area (TPSA) is 86.7 Å². The molecule has 8 heteroatoms. The molecule has 250 valence electrons. The number of benzene rings is 7. The summed E-state index contributed by atoms with van der Waals surface area (Å²) in [5, 5.41) is 17.2. The van der Waals surface area contributed by atoms with Crippen molar-refractivity contribution in [2.45, 2.75) is 0 Å². The minimum Gasteiger partial charge on any atom is -0.307 e. The van der Waals surface area contributed by atoms with E-state index in [0.717, 1.165) is 43.3 Å². The molecule has 0 aliphatic heterocycles. The Morgan fingerprint density at radius 1 is 0.509 bits per heavy atom. The highest BCUT2D eigenvalue weighted by Crippen LogP contribution is 2.45. The standard InChI is InChI=1S/C45H27N5O2S/c51-50(52)39-21-11-8-18-32(39)36-27-30(45-47-43(28-13-3-1-4-14-28)46-44(48-45)29-15-5-2-6-16-29)23-26-38(36)49-37-20-10-7-17-31(37)34-24-25-35-33-19-9-12-22-40(33)53-42(35)41(34)49/h1-27H.